The van der Waals surface area contributed by atoms with E-state index in [9.17, 15) is 13.2 Å². The number of amides is 1. The van der Waals surface area contributed by atoms with Crippen LogP contribution >= 0.6 is 0 Å². The van der Waals surface area contributed by atoms with E-state index in [0.29, 0.717) is 38.3 Å². The Morgan fingerprint density at radius 3 is 2.39 bits per heavy atom. The highest BCUT2D eigenvalue weighted by Crippen LogP contribution is 2.28. The molecule has 1 amide bonds. The van der Waals surface area contributed by atoms with E-state index in [1.807, 2.05) is 56.4 Å². The van der Waals surface area contributed by atoms with E-state index in [2.05, 4.69) is 15.2 Å². The van der Waals surface area contributed by atoms with Crippen LogP contribution in [0.3, 0.4) is 0 Å². The minimum absolute atomic E-state index is 0.0313. The molecule has 0 bridgehead atoms. The summed E-state index contributed by atoms with van der Waals surface area (Å²) >= 11 is 0. The molecular formula is C26H34N6O3S. The number of carbonyl (C=O) groups is 1. The van der Waals surface area contributed by atoms with Gasteiger partial charge in [0.25, 0.3) is 5.91 Å². The Bertz CT molecular complexity index is 1300. The lowest BCUT2D eigenvalue weighted by Gasteiger charge is -2.33. The number of piperazine rings is 1. The molecule has 4 rings (SSSR count). The van der Waals surface area contributed by atoms with Gasteiger partial charge >= 0.3 is 0 Å². The van der Waals surface area contributed by atoms with Gasteiger partial charge in [0.05, 0.1) is 17.5 Å². The zero-order chi connectivity index (χ0) is 25.7. The molecule has 3 heterocycles. The molecule has 0 saturated carbocycles. The summed E-state index contributed by atoms with van der Waals surface area (Å²) in [5.74, 6) is 0.0313. The molecule has 1 aliphatic rings. The summed E-state index contributed by atoms with van der Waals surface area (Å²) in [5, 5.41) is 4.47. The molecule has 3 aromatic rings. The summed E-state index contributed by atoms with van der Waals surface area (Å²) in [5.41, 5.74) is 4.21. The van der Waals surface area contributed by atoms with Crippen molar-refractivity contribution < 1.29 is 13.2 Å². The average molecular weight is 511 g/mol. The van der Waals surface area contributed by atoms with Crippen LogP contribution in [-0.4, -0.2) is 97.0 Å². The molecule has 1 saturated heterocycles. The number of nitrogens with zero attached hydrogens (tertiary/aromatic N) is 5. The molecule has 0 unspecified atom stereocenters. The third-order valence-corrected chi connectivity index (χ3v) is 7.94. The van der Waals surface area contributed by atoms with Crippen molar-refractivity contribution in [3.8, 4) is 11.3 Å². The maximum absolute atomic E-state index is 12.7. The minimum Gasteiger partial charge on any atom is -0.383 e. The van der Waals surface area contributed by atoms with Crippen LogP contribution in [0.15, 0.2) is 48.8 Å². The van der Waals surface area contributed by atoms with Crippen LogP contribution in [0.4, 0.5) is 5.69 Å². The zero-order valence-corrected chi connectivity index (χ0v) is 22.0. The number of fused-ring (bicyclic) bond motifs is 1. The Labute approximate surface area is 213 Å². The Morgan fingerprint density at radius 1 is 1.06 bits per heavy atom. The summed E-state index contributed by atoms with van der Waals surface area (Å²) in [6.07, 6.45) is 4.81. The smallest absolute Gasteiger partial charge is 0.253 e. The second-order valence-electron chi connectivity index (χ2n) is 8.93. The summed E-state index contributed by atoms with van der Waals surface area (Å²) in [6.45, 7) is 9.33. The number of pyridine rings is 2. The topological polar surface area (TPSA) is 98.7 Å². The first-order chi connectivity index (χ1) is 17.3. The molecule has 0 atom stereocenters. The van der Waals surface area contributed by atoms with E-state index in [4.69, 9.17) is 4.98 Å². The first-order valence-electron chi connectivity index (χ1n) is 12.4. The third kappa shape index (κ3) is 6.00. The van der Waals surface area contributed by atoms with E-state index in [1.54, 1.807) is 11.1 Å². The van der Waals surface area contributed by atoms with Crippen molar-refractivity contribution in [2.45, 2.75) is 13.8 Å². The van der Waals surface area contributed by atoms with Gasteiger partial charge in [0.1, 0.15) is 0 Å². The van der Waals surface area contributed by atoms with Crippen molar-refractivity contribution in [3.05, 3.63) is 54.4 Å². The molecule has 192 valence electrons. The summed E-state index contributed by atoms with van der Waals surface area (Å²) in [7, 11) is -3.13. The highest BCUT2D eigenvalue weighted by molar-refractivity contribution is 7.88. The highest BCUT2D eigenvalue weighted by Gasteiger charge is 2.23. The predicted octanol–water partition coefficient (Wildman–Crippen LogP) is 2.77. The average Bonchev–Trinajstić information content (AvgIpc) is 2.89. The molecule has 2 aromatic heterocycles. The van der Waals surface area contributed by atoms with Crippen LogP contribution in [0.1, 0.15) is 24.2 Å². The molecule has 10 heteroatoms. The Hall–Kier alpha value is -3.08. The lowest BCUT2D eigenvalue weighted by Crippen LogP contribution is -2.49. The fourth-order valence-corrected chi connectivity index (χ4v) is 5.30. The van der Waals surface area contributed by atoms with Crippen molar-refractivity contribution in [2.75, 3.05) is 63.9 Å². The summed E-state index contributed by atoms with van der Waals surface area (Å²) in [6, 6.07) is 11.5. The maximum Gasteiger partial charge on any atom is 0.253 e. The monoisotopic (exact) mass is 510 g/mol. The van der Waals surface area contributed by atoms with E-state index in [1.165, 1.54) is 10.6 Å². The first-order valence-corrected chi connectivity index (χ1v) is 14.2. The number of benzene rings is 1. The van der Waals surface area contributed by atoms with Gasteiger partial charge in [0.15, 0.2) is 0 Å². The molecule has 1 aliphatic heterocycles. The Balaban J connectivity index is 1.48. The third-order valence-electron chi connectivity index (χ3n) is 6.63. The lowest BCUT2D eigenvalue weighted by molar-refractivity contribution is 0.0773. The largest absolute Gasteiger partial charge is 0.383 e. The van der Waals surface area contributed by atoms with Crippen molar-refractivity contribution in [1.29, 1.82) is 0 Å². The fourth-order valence-electron chi connectivity index (χ4n) is 4.47. The van der Waals surface area contributed by atoms with Crippen LogP contribution in [-0.2, 0) is 10.0 Å². The Morgan fingerprint density at radius 2 is 1.75 bits per heavy atom. The number of carbonyl (C=O) groups excluding carboxylic acids is 1. The number of aromatic nitrogens is 2. The second kappa shape index (κ2) is 11.3. The van der Waals surface area contributed by atoms with E-state index >= 15 is 0 Å². The second-order valence-corrected chi connectivity index (χ2v) is 10.9. The van der Waals surface area contributed by atoms with Crippen molar-refractivity contribution in [2.24, 2.45) is 0 Å². The first kappa shape index (κ1) is 26.0. The van der Waals surface area contributed by atoms with Gasteiger partial charge in [-0.1, -0.05) is 12.1 Å². The normalized spacial score (nSPS) is 15.2. The van der Waals surface area contributed by atoms with Crippen LogP contribution in [0.2, 0.25) is 0 Å². The van der Waals surface area contributed by atoms with Crippen LogP contribution < -0.4 is 5.32 Å². The number of hydrogen-bond acceptors (Lipinski definition) is 7. The number of rotatable bonds is 9. The lowest BCUT2D eigenvalue weighted by atomic mass is 10.1. The predicted molar refractivity (Wildman–Crippen MR) is 144 cm³/mol. The van der Waals surface area contributed by atoms with Crippen molar-refractivity contribution >= 4 is 32.5 Å². The molecular weight excluding hydrogens is 476 g/mol. The molecule has 0 aliphatic carbocycles. The molecule has 9 nitrogen and oxygen atoms in total. The molecule has 1 fully saturated rings. The van der Waals surface area contributed by atoms with Crippen LogP contribution in [0.5, 0.6) is 0 Å². The van der Waals surface area contributed by atoms with E-state index in [-0.39, 0.29) is 5.91 Å². The van der Waals surface area contributed by atoms with Crippen molar-refractivity contribution in [1.82, 2.24) is 24.1 Å². The van der Waals surface area contributed by atoms with Gasteiger partial charge in [-0.15, -0.1) is 0 Å². The Kier molecular flexibility index (Phi) is 8.17. The van der Waals surface area contributed by atoms with Gasteiger partial charge in [0.2, 0.25) is 10.0 Å². The van der Waals surface area contributed by atoms with Crippen molar-refractivity contribution in [3.63, 3.8) is 0 Å². The van der Waals surface area contributed by atoms with Gasteiger partial charge in [-0.05, 0) is 38.1 Å². The van der Waals surface area contributed by atoms with Crippen LogP contribution in [0.25, 0.3) is 22.2 Å². The number of hydrogen-bond donors (Lipinski definition) is 1. The van der Waals surface area contributed by atoms with Gasteiger partial charge < -0.3 is 10.2 Å². The van der Waals surface area contributed by atoms with E-state index < -0.39 is 10.0 Å². The summed E-state index contributed by atoms with van der Waals surface area (Å²) < 4.78 is 25.0. The summed E-state index contributed by atoms with van der Waals surface area (Å²) in [4.78, 5) is 25.8. The SMILES string of the molecule is CCN(CC)C(=O)c1ccc(-c2cc(NCCN3CCN(S(C)(=O)=O)CC3)c3cnccc3n2)cc1. The molecule has 36 heavy (non-hydrogen) atoms. The number of sulfonamides is 1. The maximum atomic E-state index is 12.7. The molecule has 1 N–H and O–H groups in total. The molecule has 0 spiro atoms. The van der Waals surface area contributed by atoms with Crippen LogP contribution in [0, 0.1) is 0 Å². The fraction of sp³-hybridized carbons (Fsp3) is 0.423. The minimum atomic E-state index is -3.13. The zero-order valence-electron chi connectivity index (χ0n) is 21.1. The standard InChI is InChI=1S/C26H34N6O3S/c1-4-31(5-2)26(33)21-8-6-20(7-9-21)24-18-25(22-19-27-11-10-23(22)29-24)28-12-13-30-14-16-32(17-15-30)36(3,34)35/h6-11,18-19H,4-5,12-17H2,1-3H3,(H,28,29). The number of nitrogens with one attached hydrogen (secondary N) is 1. The number of anilines is 1. The molecule has 1 aromatic carbocycles. The highest BCUT2D eigenvalue weighted by atomic mass is 32.2. The van der Waals surface area contributed by atoms with Gasteiger partial charge in [-0.25, -0.2) is 13.4 Å². The quantitative estimate of drug-likeness (QED) is 0.473. The van der Waals surface area contributed by atoms with Gasteiger partial charge in [0, 0.05) is 87.0 Å². The van der Waals surface area contributed by atoms with Gasteiger partial charge in [-0.2, -0.15) is 4.31 Å². The molecule has 0 radical (unpaired) electrons. The van der Waals surface area contributed by atoms with E-state index in [0.717, 1.165) is 47.5 Å². The van der Waals surface area contributed by atoms with Gasteiger partial charge in [-0.3, -0.25) is 14.7 Å².